The van der Waals surface area contributed by atoms with Crippen molar-refractivity contribution in [1.29, 1.82) is 0 Å². The Morgan fingerprint density at radius 2 is 2.22 bits per heavy atom. The minimum Gasteiger partial charge on any atom is -0.497 e. The largest absolute Gasteiger partial charge is 0.497 e. The van der Waals surface area contributed by atoms with Gasteiger partial charge in [-0.25, -0.2) is 0 Å². The highest BCUT2D eigenvalue weighted by molar-refractivity contribution is 5.57. The number of hydrogen-bond acceptors (Lipinski definition) is 6. The predicted octanol–water partition coefficient (Wildman–Crippen LogP) is 3.11. The Kier molecular flexibility index (Phi) is 3.91. The molecule has 2 heterocycles. The lowest BCUT2D eigenvalue weighted by molar-refractivity contribution is 0.0616. The van der Waals surface area contributed by atoms with Crippen LogP contribution in [0.25, 0.3) is 11.4 Å². The van der Waals surface area contributed by atoms with Crippen molar-refractivity contribution in [2.45, 2.75) is 37.8 Å². The maximum absolute atomic E-state index is 5.80. The zero-order valence-corrected chi connectivity index (χ0v) is 13.2. The van der Waals surface area contributed by atoms with Gasteiger partial charge in [-0.3, -0.25) is 0 Å². The molecule has 1 saturated carbocycles. The minimum absolute atomic E-state index is 0.356. The monoisotopic (exact) mass is 315 g/mol. The Labute approximate surface area is 135 Å². The molecule has 23 heavy (non-hydrogen) atoms. The van der Waals surface area contributed by atoms with Crippen LogP contribution in [0.1, 0.15) is 25.7 Å². The standard InChI is InChI=1S/C17H21N3O3/c1-21-12-5-2-4-11(10-12)16-19-17(23-20-16)18-14-6-3-7-15-13(14)8-9-22-15/h2,4-5,10,13-15H,3,6-9H2,1H3,(H,18,19,20). The molecule has 0 radical (unpaired) electrons. The summed E-state index contributed by atoms with van der Waals surface area (Å²) in [5.74, 6) is 1.90. The van der Waals surface area contributed by atoms with Crippen molar-refractivity contribution in [3.05, 3.63) is 24.3 Å². The van der Waals surface area contributed by atoms with Crippen LogP contribution in [-0.4, -0.2) is 36.0 Å². The predicted molar refractivity (Wildman–Crippen MR) is 85.4 cm³/mol. The van der Waals surface area contributed by atoms with E-state index in [0.29, 0.717) is 29.9 Å². The fourth-order valence-corrected chi connectivity index (χ4v) is 3.68. The first-order valence-corrected chi connectivity index (χ1v) is 8.20. The summed E-state index contributed by atoms with van der Waals surface area (Å²) >= 11 is 0. The van der Waals surface area contributed by atoms with Crippen molar-refractivity contribution in [3.8, 4) is 17.1 Å². The number of ether oxygens (including phenoxy) is 2. The molecule has 1 aliphatic carbocycles. The Bertz CT molecular complexity index is 673. The zero-order valence-electron chi connectivity index (χ0n) is 13.2. The molecule has 1 aromatic heterocycles. The molecule has 4 rings (SSSR count). The third-order valence-electron chi connectivity index (χ3n) is 4.84. The van der Waals surface area contributed by atoms with Gasteiger partial charge in [0.25, 0.3) is 0 Å². The van der Waals surface area contributed by atoms with Crippen LogP contribution >= 0.6 is 0 Å². The molecule has 6 heteroatoms. The molecule has 1 N–H and O–H groups in total. The smallest absolute Gasteiger partial charge is 0.322 e. The van der Waals surface area contributed by atoms with Gasteiger partial charge >= 0.3 is 6.01 Å². The number of nitrogens with one attached hydrogen (secondary N) is 1. The third-order valence-corrected chi connectivity index (χ3v) is 4.84. The Hall–Kier alpha value is -2.08. The second-order valence-electron chi connectivity index (χ2n) is 6.20. The quantitative estimate of drug-likeness (QED) is 0.935. The molecule has 2 aliphatic rings. The maximum Gasteiger partial charge on any atom is 0.322 e. The lowest BCUT2D eigenvalue weighted by Crippen LogP contribution is -2.38. The minimum atomic E-state index is 0.356. The summed E-state index contributed by atoms with van der Waals surface area (Å²) < 4.78 is 16.4. The van der Waals surface area contributed by atoms with Crippen molar-refractivity contribution in [1.82, 2.24) is 10.1 Å². The summed E-state index contributed by atoms with van der Waals surface area (Å²) in [6.45, 7) is 0.867. The Balaban J connectivity index is 1.49. The van der Waals surface area contributed by atoms with Gasteiger partial charge in [0.15, 0.2) is 0 Å². The van der Waals surface area contributed by atoms with Gasteiger partial charge in [0, 0.05) is 24.1 Å². The molecule has 1 saturated heterocycles. The van der Waals surface area contributed by atoms with Crippen LogP contribution in [-0.2, 0) is 4.74 Å². The molecule has 6 nitrogen and oxygen atoms in total. The van der Waals surface area contributed by atoms with Gasteiger partial charge in [0.05, 0.1) is 13.2 Å². The third kappa shape index (κ3) is 2.91. The van der Waals surface area contributed by atoms with E-state index in [4.69, 9.17) is 14.0 Å². The van der Waals surface area contributed by atoms with Crippen molar-refractivity contribution in [2.24, 2.45) is 5.92 Å². The average Bonchev–Trinajstić information content (AvgIpc) is 3.24. The summed E-state index contributed by atoms with van der Waals surface area (Å²) in [7, 11) is 1.64. The van der Waals surface area contributed by atoms with E-state index in [-0.39, 0.29) is 0 Å². The number of hydrogen-bond donors (Lipinski definition) is 1. The molecule has 1 aliphatic heterocycles. The molecule has 2 aromatic rings. The second-order valence-corrected chi connectivity index (χ2v) is 6.20. The zero-order chi connectivity index (χ0) is 15.6. The Morgan fingerprint density at radius 3 is 3.13 bits per heavy atom. The number of rotatable bonds is 4. The van der Waals surface area contributed by atoms with Crippen LogP contribution in [0.3, 0.4) is 0 Å². The van der Waals surface area contributed by atoms with Gasteiger partial charge < -0.3 is 19.3 Å². The highest BCUT2D eigenvalue weighted by Gasteiger charge is 2.38. The van der Waals surface area contributed by atoms with Gasteiger partial charge in [-0.2, -0.15) is 4.98 Å². The number of benzene rings is 1. The highest BCUT2D eigenvalue weighted by atomic mass is 16.5. The number of fused-ring (bicyclic) bond motifs is 1. The maximum atomic E-state index is 5.80. The summed E-state index contributed by atoms with van der Waals surface area (Å²) in [4.78, 5) is 4.48. The normalized spacial score (nSPS) is 26.7. The van der Waals surface area contributed by atoms with Crippen molar-refractivity contribution in [2.75, 3.05) is 19.0 Å². The molecule has 122 valence electrons. The fraction of sp³-hybridized carbons (Fsp3) is 0.529. The fourth-order valence-electron chi connectivity index (χ4n) is 3.68. The Morgan fingerprint density at radius 1 is 1.26 bits per heavy atom. The van der Waals surface area contributed by atoms with Gasteiger partial charge in [-0.05, 0) is 37.8 Å². The lowest BCUT2D eigenvalue weighted by atomic mass is 9.82. The van der Waals surface area contributed by atoms with Crippen LogP contribution in [0.5, 0.6) is 5.75 Å². The van der Waals surface area contributed by atoms with E-state index >= 15 is 0 Å². The molecule has 1 aromatic carbocycles. The van der Waals surface area contributed by atoms with E-state index in [9.17, 15) is 0 Å². The first kappa shape index (κ1) is 14.5. The van der Waals surface area contributed by atoms with E-state index in [1.54, 1.807) is 7.11 Å². The molecule has 3 unspecified atom stereocenters. The molecule has 3 atom stereocenters. The molecule has 2 fully saturated rings. The number of aromatic nitrogens is 2. The summed E-state index contributed by atoms with van der Waals surface area (Å²) in [5, 5.41) is 7.50. The molecular formula is C17H21N3O3. The number of methoxy groups -OCH3 is 1. The average molecular weight is 315 g/mol. The molecule has 0 amide bonds. The van der Waals surface area contributed by atoms with E-state index < -0.39 is 0 Å². The van der Waals surface area contributed by atoms with Crippen LogP contribution in [0, 0.1) is 5.92 Å². The van der Waals surface area contributed by atoms with E-state index in [0.717, 1.165) is 30.8 Å². The van der Waals surface area contributed by atoms with Crippen molar-refractivity contribution >= 4 is 6.01 Å². The number of anilines is 1. The SMILES string of the molecule is COc1cccc(-c2noc(NC3CCCC4OCCC34)n2)c1. The van der Waals surface area contributed by atoms with Gasteiger partial charge in [0.2, 0.25) is 5.82 Å². The van der Waals surface area contributed by atoms with Crippen LogP contribution in [0.2, 0.25) is 0 Å². The van der Waals surface area contributed by atoms with Gasteiger partial charge in [0.1, 0.15) is 5.75 Å². The summed E-state index contributed by atoms with van der Waals surface area (Å²) in [5.41, 5.74) is 0.881. The second kappa shape index (κ2) is 6.20. The molecular weight excluding hydrogens is 294 g/mol. The lowest BCUT2D eigenvalue weighted by Gasteiger charge is -2.32. The van der Waals surface area contributed by atoms with Crippen molar-refractivity contribution < 1.29 is 14.0 Å². The van der Waals surface area contributed by atoms with Crippen molar-refractivity contribution in [3.63, 3.8) is 0 Å². The van der Waals surface area contributed by atoms with E-state index in [1.165, 1.54) is 12.8 Å². The van der Waals surface area contributed by atoms with Gasteiger partial charge in [-0.1, -0.05) is 17.3 Å². The summed E-state index contributed by atoms with van der Waals surface area (Å²) in [6, 6.07) is 8.49. The van der Waals surface area contributed by atoms with E-state index in [2.05, 4.69) is 15.5 Å². The van der Waals surface area contributed by atoms with Gasteiger partial charge in [-0.15, -0.1) is 0 Å². The van der Waals surface area contributed by atoms with Crippen LogP contribution in [0.4, 0.5) is 6.01 Å². The highest BCUT2D eigenvalue weighted by Crippen LogP contribution is 2.36. The first-order valence-electron chi connectivity index (χ1n) is 8.20. The summed E-state index contributed by atoms with van der Waals surface area (Å²) in [6.07, 6.45) is 4.97. The number of nitrogens with zero attached hydrogens (tertiary/aromatic N) is 2. The van der Waals surface area contributed by atoms with E-state index in [1.807, 2.05) is 24.3 Å². The van der Waals surface area contributed by atoms with Crippen LogP contribution < -0.4 is 10.1 Å². The first-order chi connectivity index (χ1) is 11.3. The van der Waals surface area contributed by atoms with Crippen LogP contribution in [0.15, 0.2) is 28.8 Å². The topological polar surface area (TPSA) is 69.4 Å². The molecule has 0 spiro atoms. The molecule has 0 bridgehead atoms.